The molecule has 1 N–H and O–H groups in total. The van der Waals surface area contributed by atoms with Crippen molar-refractivity contribution >= 4 is 5.69 Å². The summed E-state index contributed by atoms with van der Waals surface area (Å²) in [7, 11) is 1.44. The highest BCUT2D eigenvalue weighted by Crippen LogP contribution is 2.35. The van der Waals surface area contributed by atoms with Crippen molar-refractivity contribution in [3.05, 3.63) is 57.6 Å². The molecule has 6 heteroatoms. The maximum Gasteiger partial charge on any atom is 0.315 e. The first-order chi connectivity index (χ1) is 10.0. The first-order valence-electron chi connectivity index (χ1n) is 6.26. The Bertz CT molecular complexity index is 669. The van der Waals surface area contributed by atoms with Crippen LogP contribution in [0.5, 0.6) is 17.2 Å². The number of methoxy groups -OCH3 is 1. The second kappa shape index (κ2) is 6.23. The largest absolute Gasteiger partial charge is 0.496 e. The van der Waals surface area contributed by atoms with Crippen molar-refractivity contribution in [3.8, 4) is 17.2 Å². The summed E-state index contributed by atoms with van der Waals surface area (Å²) in [4.78, 5) is 10.6. The molecular formula is C15H15NO5. The zero-order valence-electron chi connectivity index (χ0n) is 11.7. The van der Waals surface area contributed by atoms with E-state index in [4.69, 9.17) is 14.6 Å². The van der Waals surface area contributed by atoms with E-state index in [0.717, 1.165) is 11.1 Å². The maximum absolute atomic E-state index is 11.1. The summed E-state index contributed by atoms with van der Waals surface area (Å²) in [6, 6.07) is 9.56. The number of hydrogen-bond acceptors (Lipinski definition) is 5. The predicted molar refractivity (Wildman–Crippen MR) is 76.8 cm³/mol. The Hall–Kier alpha value is -2.60. The van der Waals surface area contributed by atoms with Gasteiger partial charge in [-0.2, -0.15) is 0 Å². The molecule has 2 aromatic rings. The summed E-state index contributed by atoms with van der Waals surface area (Å²) in [5.74, 6) is 1.03. The van der Waals surface area contributed by atoms with Crippen molar-refractivity contribution in [1.29, 1.82) is 0 Å². The van der Waals surface area contributed by atoms with Crippen molar-refractivity contribution in [1.82, 2.24) is 0 Å². The van der Waals surface area contributed by atoms with Gasteiger partial charge in [-0.15, -0.1) is 0 Å². The Kier molecular flexibility index (Phi) is 4.39. The van der Waals surface area contributed by atoms with Crippen molar-refractivity contribution in [2.24, 2.45) is 0 Å². The number of rotatable bonds is 5. The Morgan fingerprint density at radius 3 is 2.48 bits per heavy atom. The molecule has 2 aromatic carbocycles. The van der Waals surface area contributed by atoms with E-state index in [2.05, 4.69) is 0 Å². The number of nitro benzene ring substituents is 1. The van der Waals surface area contributed by atoms with Crippen molar-refractivity contribution < 1.29 is 19.5 Å². The molecule has 0 heterocycles. The van der Waals surface area contributed by atoms with Crippen molar-refractivity contribution in [3.63, 3.8) is 0 Å². The van der Waals surface area contributed by atoms with Gasteiger partial charge in [0.2, 0.25) is 5.75 Å². The molecule has 0 aliphatic heterocycles. The number of benzene rings is 2. The average molecular weight is 289 g/mol. The van der Waals surface area contributed by atoms with Crippen LogP contribution in [0.25, 0.3) is 0 Å². The van der Waals surface area contributed by atoms with E-state index in [1.165, 1.54) is 19.2 Å². The lowest BCUT2D eigenvalue weighted by atomic mass is 10.1. The van der Waals surface area contributed by atoms with Crippen LogP contribution in [-0.2, 0) is 6.61 Å². The van der Waals surface area contributed by atoms with Crippen LogP contribution in [0.4, 0.5) is 5.69 Å². The molecule has 0 spiro atoms. The highest BCUT2D eigenvalue weighted by molar-refractivity contribution is 5.53. The van der Waals surface area contributed by atoms with Crippen LogP contribution in [-0.4, -0.2) is 17.1 Å². The minimum atomic E-state index is -0.519. The van der Waals surface area contributed by atoms with Gasteiger partial charge in [0.25, 0.3) is 0 Å². The highest BCUT2D eigenvalue weighted by Gasteiger charge is 2.18. The van der Waals surface area contributed by atoms with E-state index in [0.29, 0.717) is 11.5 Å². The van der Waals surface area contributed by atoms with Crippen LogP contribution >= 0.6 is 0 Å². The third-order valence-electron chi connectivity index (χ3n) is 3.00. The number of hydrogen-bond donors (Lipinski definition) is 1. The van der Waals surface area contributed by atoms with E-state index in [1.54, 1.807) is 24.3 Å². The molecular weight excluding hydrogens is 274 g/mol. The quantitative estimate of drug-likeness (QED) is 0.675. The van der Waals surface area contributed by atoms with Gasteiger partial charge in [0.05, 0.1) is 24.7 Å². The lowest BCUT2D eigenvalue weighted by Gasteiger charge is -2.10. The molecule has 0 unspecified atom stereocenters. The van der Waals surface area contributed by atoms with Gasteiger partial charge in [-0.3, -0.25) is 10.1 Å². The summed E-state index contributed by atoms with van der Waals surface area (Å²) in [6.45, 7) is 1.74. The number of nitrogens with zero attached hydrogens (tertiary/aromatic N) is 1. The zero-order chi connectivity index (χ0) is 15.4. The van der Waals surface area contributed by atoms with Gasteiger partial charge >= 0.3 is 5.69 Å². The number of aliphatic hydroxyl groups is 1. The fourth-order valence-electron chi connectivity index (χ4n) is 1.90. The third kappa shape index (κ3) is 3.29. The number of ether oxygens (including phenoxy) is 2. The van der Waals surface area contributed by atoms with E-state index < -0.39 is 4.92 Å². The second-order valence-electron chi connectivity index (χ2n) is 4.45. The first-order valence-corrected chi connectivity index (χ1v) is 6.26. The Morgan fingerprint density at radius 2 is 1.90 bits per heavy atom. The van der Waals surface area contributed by atoms with Gasteiger partial charge in [0.1, 0.15) is 11.5 Å². The van der Waals surface area contributed by atoms with Crippen molar-refractivity contribution in [2.45, 2.75) is 13.5 Å². The first kappa shape index (κ1) is 14.8. The van der Waals surface area contributed by atoms with Gasteiger partial charge in [-0.1, -0.05) is 12.1 Å². The summed E-state index contributed by atoms with van der Waals surface area (Å²) < 4.78 is 10.6. The average Bonchev–Trinajstić information content (AvgIpc) is 2.49. The highest BCUT2D eigenvalue weighted by atomic mass is 16.6. The molecule has 0 bridgehead atoms. The third-order valence-corrected chi connectivity index (χ3v) is 3.00. The van der Waals surface area contributed by atoms with Crippen LogP contribution in [0.2, 0.25) is 0 Å². The van der Waals surface area contributed by atoms with Crippen LogP contribution in [0.1, 0.15) is 11.1 Å². The molecule has 2 rings (SSSR count). The molecule has 0 radical (unpaired) electrons. The molecule has 0 saturated carbocycles. The van der Waals surface area contributed by atoms with Crippen LogP contribution in [0.15, 0.2) is 36.4 Å². The normalized spacial score (nSPS) is 10.2. The molecule has 0 fully saturated rings. The molecule has 0 aliphatic rings. The number of aryl methyl sites for hydroxylation is 1. The smallest absolute Gasteiger partial charge is 0.315 e. The summed E-state index contributed by atoms with van der Waals surface area (Å²) in [5.41, 5.74) is 1.37. The van der Waals surface area contributed by atoms with Gasteiger partial charge in [0, 0.05) is 0 Å². The molecule has 21 heavy (non-hydrogen) atoms. The summed E-state index contributed by atoms with van der Waals surface area (Å²) >= 11 is 0. The number of aliphatic hydroxyl groups excluding tert-OH is 1. The molecule has 0 aromatic heterocycles. The predicted octanol–water partition coefficient (Wildman–Crippen LogP) is 3.20. The van der Waals surface area contributed by atoms with Gasteiger partial charge in [-0.05, 0) is 36.2 Å². The molecule has 0 amide bonds. The molecule has 6 nitrogen and oxygen atoms in total. The summed E-state index contributed by atoms with van der Waals surface area (Å²) in [5, 5.41) is 20.2. The van der Waals surface area contributed by atoms with Crippen LogP contribution in [0, 0.1) is 17.0 Å². The molecule has 110 valence electrons. The Morgan fingerprint density at radius 1 is 1.19 bits per heavy atom. The molecule has 0 atom stereocenters. The fourth-order valence-corrected chi connectivity index (χ4v) is 1.90. The fraction of sp³-hybridized carbons (Fsp3) is 0.200. The monoisotopic (exact) mass is 289 g/mol. The lowest BCUT2D eigenvalue weighted by Crippen LogP contribution is -1.96. The van der Waals surface area contributed by atoms with Crippen LogP contribution < -0.4 is 9.47 Å². The van der Waals surface area contributed by atoms with E-state index >= 15 is 0 Å². The zero-order valence-corrected chi connectivity index (χ0v) is 11.7. The SMILES string of the molecule is COc1ccc(Oc2ccc(CO)cc2C)c([N+](=O)[O-])c1. The standard InChI is InChI=1S/C15H15NO5/c1-10-7-11(9-17)3-5-14(10)21-15-6-4-12(20-2)8-13(15)16(18)19/h3-8,17H,9H2,1-2H3. The Labute approximate surface area is 121 Å². The van der Waals surface area contributed by atoms with Gasteiger partial charge in [-0.25, -0.2) is 0 Å². The van der Waals surface area contributed by atoms with Gasteiger partial charge < -0.3 is 14.6 Å². The Balaban J connectivity index is 2.37. The lowest BCUT2D eigenvalue weighted by molar-refractivity contribution is -0.385. The minimum absolute atomic E-state index is 0.0657. The van der Waals surface area contributed by atoms with E-state index in [9.17, 15) is 10.1 Å². The molecule has 0 saturated heterocycles. The van der Waals surface area contributed by atoms with Gasteiger partial charge in [0.15, 0.2) is 0 Å². The maximum atomic E-state index is 11.1. The van der Waals surface area contributed by atoms with E-state index in [1.807, 2.05) is 6.92 Å². The summed E-state index contributed by atoms with van der Waals surface area (Å²) in [6.07, 6.45) is 0. The van der Waals surface area contributed by atoms with Crippen molar-refractivity contribution in [2.75, 3.05) is 7.11 Å². The van der Waals surface area contributed by atoms with Crippen LogP contribution in [0.3, 0.4) is 0 Å². The topological polar surface area (TPSA) is 81.8 Å². The number of nitro groups is 1. The second-order valence-corrected chi connectivity index (χ2v) is 4.45. The minimum Gasteiger partial charge on any atom is -0.496 e. The van der Waals surface area contributed by atoms with E-state index in [-0.39, 0.29) is 18.0 Å². The molecule has 0 aliphatic carbocycles.